The Bertz CT molecular complexity index is 627. The van der Waals surface area contributed by atoms with Crippen molar-refractivity contribution in [2.75, 3.05) is 0 Å². The molecule has 0 atom stereocenters. The van der Waals surface area contributed by atoms with Crippen molar-refractivity contribution >= 4 is 11.3 Å². The van der Waals surface area contributed by atoms with Gasteiger partial charge in [0.25, 0.3) is 0 Å². The van der Waals surface area contributed by atoms with E-state index < -0.39 is 0 Å². The predicted molar refractivity (Wildman–Crippen MR) is 87.7 cm³/mol. The van der Waals surface area contributed by atoms with Gasteiger partial charge in [-0.05, 0) is 13.3 Å². The van der Waals surface area contributed by atoms with Gasteiger partial charge in [0.15, 0.2) is 0 Å². The van der Waals surface area contributed by atoms with Gasteiger partial charge in [-0.15, -0.1) is 23.4 Å². The molecular weight excluding hydrogens is 290 g/mol. The van der Waals surface area contributed by atoms with Crippen molar-refractivity contribution < 1.29 is 21.7 Å². The fraction of sp³-hybridized carbons (Fsp3) is 0.105. The van der Waals surface area contributed by atoms with E-state index in [0.717, 1.165) is 12.0 Å². The van der Waals surface area contributed by atoms with Crippen molar-refractivity contribution in [3.8, 4) is 0 Å². The van der Waals surface area contributed by atoms with Crippen LogP contribution in [0.25, 0.3) is 11.3 Å². The van der Waals surface area contributed by atoms with Crippen LogP contribution in [0.4, 0.5) is 5.69 Å². The van der Waals surface area contributed by atoms with Crippen molar-refractivity contribution in [1.29, 1.82) is 0 Å². The molecule has 0 fully saturated rings. The molecule has 0 amide bonds. The third-order valence-corrected chi connectivity index (χ3v) is 3.18. The number of hydrogen-bond donors (Lipinski definition) is 0. The Labute approximate surface area is 142 Å². The predicted octanol–water partition coefficient (Wildman–Crippen LogP) is 5.97. The van der Waals surface area contributed by atoms with Crippen LogP contribution in [0.5, 0.6) is 0 Å². The van der Waals surface area contributed by atoms with Crippen molar-refractivity contribution in [1.82, 2.24) is 0 Å². The van der Waals surface area contributed by atoms with E-state index in [-0.39, 0.29) is 21.7 Å². The topological polar surface area (TPSA) is 23.8 Å². The summed E-state index contributed by atoms with van der Waals surface area (Å²) in [6.45, 7) is 6.16. The summed E-state index contributed by atoms with van der Waals surface area (Å²) >= 11 is 0. The summed E-state index contributed by atoms with van der Waals surface area (Å²) in [5.41, 5.74) is 12.7. The molecule has 0 unspecified atom stereocenters. The van der Waals surface area contributed by atoms with Gasteiger partial charge in [-0.3, -0.25) is 0 Å². The Morgan fingerprint density at radius 2 is 1.57 bits per heavy atom. The van der Waals surface area contributed by atoms with Crippen molar-refractivity contribution in [2.45, 2.75) is 13.3 Å². The molecule has 3 rings (SSSR count). The molecule has 1 aliphatic rings. The molecule has 0 bridgehead atoms. The maximum absolute atomic E-state index is 7.00. The SMILES string of the molecule is [CH2-]c1ccccc1C1=CC(C)=CC1.[NH-]c1ccccc1.[Ti+2]. The van der Waals surface area contributed by atoms with Gasteiger partial charge in [0.2, 0.25) is 0 Å². The Morgan fingerprint density at radius 3 is 2.05 bits per heavy atom. The summed E-state index contributed by atoms with van der Waals surface area (Å²) in [6.07, 6.45) is 5.55. The van der Waals surface area contributed by atoms with Gasteiger partial charge in [0.05, 0.1) is 0 Å². The number of allylic oxidation sites excluding steroid dienone is 4. The average Bonchev–Trinajstić information content (AvgIpc) is 2.87. The first-order valence-corrected chi connectivity index (χ1v) is 6.72. The van der Waals surface area contributed by atoms with Gasteiger partial charge >= 0.3 is 21.7 Å². The fourth-order valence-corrected chi connectivity index (χ4v) is 2.12. The first kappa shape index (κ1) is 17.4. The Hall–Kier alpha value is -1.70. The molecule has 2 aromatic rings. The molecule has 104 valence electrons. The van der Waals surface area contributed by atoms with Crippen LogP contribution in [0.15, 0.2) is 72.3 Å². The van der Waals surface area contributed by atoms with Gasteiger partial charge < -0.3 is 5.73 Å². The minimum atomic E-state index is 0. The summed E-state index contributed by atoms with van der Waals surface area (Å²) in [5.74, 6) is 0. The van der Waals surface area contributed by atoms with Crippen LogP contribution in [0.3, 0.4) is 0 Å². The summed E-state index contributed by atoms with van der Waals surface area (Å²) in [6, 6.07) is 17.4. The molecule has 21 heavy (non-hydrogen) atoms. The van der Waals surface area contributed by atoms with E-state index in [2.05, 4.69) is 44.2 Å². The second kappa shape index (κ2) is 8.56. The average molecular weight is 309 g/mol. The van der Waals surface area contributed by atoms with E-state index in [1.54, 1.807) is 12.1 Å². The van der Waals surface area contributed by atoms with E-state index >= 15 is 0 Å². The van der Waals surface area contributed by atoms with E-state index in [1.807, 2.05) is 24.3 Å². The van der Waals surface area contributed by atoms with Crippen LogP contribution in [-0.2, 0) is 21.7 Å². The van der Waals surface area contributed by atoms with E-state index in [1.165, 1.54) is 16.7 Å². The number of nitrogens with one attached hydrogen (secondary N) is 1. The second-order valence-electron chi connectivity index (χ2n) is 4.85. The molecule has 0 saturated carbocycles. The first-order valence-electron chi connectivity index (χ1n) is 6.72. The van der Waals surface area contributed by atoms with E-state index in [4.69, 9.17) is 5.73 Å². The molecule has 1 nitrogen and oxygen atoms in total. The molecule has 1 aliphatic carbocycles. The number of benzene rings is 2. The summed E-state index contributed by atoms with van der Waals surface area (Å²) in [4.78, 5) is 0. The van der Waals surface area contributed by atoms with E-state index in [0.29, 0.717) is 5.69 Å². The van der Waals surface area contributed by atoms with Crippen molar-refractivity contribution in [2.24, 2.45) is 0 Å². The van der Waals surface area contributed by atoms with Gasteiger partial charge in [0, 0.05) is 0 Å². The summed E-state index contributed by atoms with van der Waals surface area (Å²) in [5, 5.41) is 0. The second-order valence-corrected chi connectivity index (χ2v) is 4.85. The van der Waals surface area contributed by atoms with Crippen LogP contribution in [-0.4, -0.2) is 0 Å². The third kappa shape index (κ3) is 5.30. The minimum absolute atomic E-state index is 0. The standard InChI is InChI=1S/C13H13.C6H6N.Ti/c1-10-7-8-12(9-10)13-6-4-3-5-11(13)2;7-6-4-2-1-3-5-6;/h3-7,9H,2,8H2,1H3;1-5,7H;/q2*-1;+2. The molecule has 0 radical (unpaired) electrons. The van der Waals surface area contributed by atoms with Gasteiger partial charge in [0.1, 0.15) is 0 Å². The summed E-state index contributed by atoms with van der Waals surface area (Å²) < 4.78 is 0. The number of hydrogen-bond acceptors (Lipinski definition) is 0. The van der Waals surface area contributed by atoms with Crippen LogP contribution >= 0.6 is 0 Å². The minimum Gasteiger partial charge on any atom is -0.699 e. The largest absolute Gasteiger partial charge is 2.00 e. The van der Waals surface area contributed by atoms with Crippen LogP contribution in [0.2, 0.25) is 0 Å². The van der Waals surface area contributed by atoms with Gasteiger partial charge in [-0.1, -0.05) is 59.7 Å². The van der Waals surface area contributed by atoms with E-state index in [9.17, 15) is 0 Å². The number of rotatable bonds is 1. The quantitative estimate of drug-likeness (QED) is 0.458. The first-order chi connectivity index (χ1) is 9.66. The van der Waals surface area contributed by atoms with Crippen LogP contribution in [0.1, 0.15) is 24.5 Å². The van der Waals surface area contributed by atoms with Crippen molar-refractivity contribution in [3.63, 3.8) is 0 Å². The smallest absolute Gasteiger partial charge is 0.699 e. The Morgan fingerprint density at radius 1 is 0.952 bits per heavy atom. The molecule has 0 aliphatic heterocycles. The Kier molecular flexibility index (Phi) is 7.07. The molecule has 2 aromatic carbocycles. The van der Waals surface area contributed by atoms with Gasteiger partial charge in [-0.25, -0.2) is 0 Å². The molecule has 1 N–H and O–H groups in total. The molecule has 0 heterocycles. The molecule has 0 spiro atoms. The van der Waals surface area contributed by atoms with Gasteiger partial charge in [-0.2, -0.15) is 18.6 Å². The zero-order valence-corrected chi connectivity index (χ0v) is 13.8. The third-order valence-electron chi connectivity index (χ3n) is 3.18. The monoisotopic (exact) mass is 309 g/mol. The summed E-state index contributed by atoms with van der Waals surface area (Å²) in [7, 11) is 0. The molecular formula is C19H19NTi. The molecule has 0 saturated heterocycles. The molecule has 0 aromatic heterocycles. The zero-order chi connectivity index (χ0) is 14.4. The fourth-order valence-electron chi connectivity index (χ4n) is 2.12. The normalized spacial score (nSPS) is 12.4. The molecule has 2 heteroatoms. The van der Waals surface area contributed by atoms with Crippen molar-refractivity contribution in [3.05, 3.63) is 96.1 Å². The zero-order valence-electron chi connectivity index (χ0n) is 12.3. The van der Waals surface area contributed by atoms with Crippen LogP contribution < -0.4 is 0 Å². The Balaban J connectivity index is 0.000000236. The maximum Gasteiger partial charge on any atom is 2.00 e. The van der Waals surface area contributed by atoms with Crippen LogP contribution in [0, 0.1) is 6.92 Å². The maximum atomic E-state index is 7.00.